The summed E-state index contributed by atoms with van der Waals surface area (Å²) in [6, 6.07) is 0. The quantitative estimate of drug-likeness (QED) is 0.863. The molecule has 0 aromatic carbocycles. The number of rotatable bonds is 4. The lowest BCUT2D eigenvalue weighted by Gasteiger charge is -2.31. The van der Waals surface area contributed by atoms with E-state index in [0.29, 0.717) is 11.8 Å². The first-order chi connectivity index (χ1) is 8.08. The monoisotopic (exact) mass is 253 g/mol. The van der Waals surface area contributed by atoms with E-state index in [1.54, 1.807) is 11.3 Å². The third kappa shape index (κ3) is 2.84. The Morgan fingerprint density at radius 1 is 1.53 bits per heavy atom. The molecule has 1 fully saturated rings. The van der Waals surface area contributed by atoms with Crippen LogP contribution >= 0.6 is 11.3 Å². The van der Waals surface area contributed by atoms with Gasteiger partial charge in [-0.05, 0) is 24.9 Å². The van der Waals surface area contributed by atoms with E-state index >= 15 is 0 Å². The van der Waals surface area contributed by atoms with Crippen LogP contribution in [-0.4, -0.2) is 24.0 Å². The molecular weight excluding hydrogens is 234 g/mol. The maximum Gasteiger partial charge on any atom is 0.229 e. The molecule has 0 radical (unpaired) electrons. The number of nitrogens with one attached hydrogen (secondary N) is 2. The number of amides is 1. The van der Waals surface area contributed by atoms with Crippen molar-refractivity contribution in [2.75, 3.05) is 18.4 Å². The Morgan fingerprint density at radius 3 is 2.71 bits per heavy atom. The molecule has 0 aliphatic carbocycles. The van der Waals surface area contributed by atoms with Gasteiger partial charge in [0, 0.05) is 17.0 Å². The summed E-state index contributed by atoms with van der Waals surface area (Å²) in [7, 11) is 0. The van der Waals surface area contributed by atoms with Gasteiger partial charge in [0.25, 0.3) is 0 Å². The molecule has 94 valence electrons. The molecule has 0 saturated carbocycles. The summed E-state index contributed by atoms with van der Waals surface area (Å²) < 4.78 is 0. The van der Waals surface area contributed by atoms with Crippen LogP contribution in [0.3, 0.4) is 0 Å². The largest absolute Gasteiger partial charge is 0.316 e. The van der Waals surface area contributed by atoms with Crippen molar-refractivity contribution in [3.63, 3.8) is 0 Å². The van der Waals surface area contributed by atoms with Crippen molar-refractivity contribution in [1.82, 2.24) is 10.3 Å². The normalized spacial score (nSPS) is 17.9. The summed E-state index contributed by atoms with van der Waals surface area (Å²) in [5.74, 6) is 1.08. The van der Waals surface area contributed by atoms with Crippen LogP contribution in [0, 0.1) is 11.8 Å². The number of hydrogen-bond donors (Lipinski definition) is 2. The topological polar surface area (TPSA) is 54.0 Å². The maximum atomic E-state index is 12.0. The first kappa shape index (κ1) is 12.5. The summed E-state index contributed by atoms with van der Waals surface area (Å²) in [6.07, 6.45) is 1.85. The van der Waals surface area contributed by atoms with E-state index in [1.165, 1.54) is 4.88 Å². The van der Waals surface area contributed by atoms with Gasteiger partial charge in [-0.3, -0.25) is 4.79 Å². The van der Waals surface area contributed by atoms with Crippen molar-refractivity contribution in [3.05, 3.63) is 11.1 Å². The van der Waals surface area contributed by atoms with E-state index < -0.39 is 0 Å². The first-order valence-electron chi connectivity index (χ1n) is 6.05. The van der Waals surface area contributed by atoms with Gasteiger partial charge in [0.1, 0.15) is 0 Å². The Kier molecular flexibility index (Phi) is 3.79. The Morgan fingerprint density at radius 2 is 2.24 bits per heavy atom. The Labute approximate surface area is 106 Å². The van der Waals surface area contributed by atoms with Crippen LogP contribution in [-0.2, 0) is 4.79 Å². The van der Waals surface area contributed by atoms with Gasteiger partial charge in [-0.2, -0.15) is 0 Å². The minimum atomic E-state index is 0.0580. The van der Waals surface area contributed by atoms with Gasteiger partial charge in [-0.1, -0.05) is 20.8 Å². The first-order valence-corrected chi connectivity index (χ1v) is 6.87. The molecule has 1 aliphatic rings. The van der Waals surface area contributed by atoms with Crippen molar-refractivity contribution >= 4 is 22.4 Å². The van der Waals surface area contributed by atoms with Gasteiger partial charge in [0.15, 0.2) is 5.13 Å². The fourth-order valence-corrected chi connectivity index (χ4v) is 2.53. The summed E-state index contributed by atoms with van der Waals surface area (Å²) in [6.45, 7) is 8.13. The molecule has 17 heavy (non-hydrogen) atoms. The standard InChI is InChI=1S/C12H19N3OS/c1-7(2)10-6-14-12(17-10)15-11(16)8(3)9-4-13-5-9/h6-9,13H,4-5H2,1-3H3,(H,14,15,16). The zero-order valence-electron chi connectivity index (χ0n) is 10.5. The Bertz CT molecular complexity index is 398. The van der Waals surface area contributed by atoms with Crippen LogP contribution in [0.5, 0.6) is 0 Å². The van der Waals surface area contributed by atoms with E-state index in [-0.39, 0.29) is 11.8 Å². The number of carbonyl (C=O) groups excluding carboxylic acids is 1. The number of carbonyl (C=O) groups is 1. The summed E-state index contributed by atoms with van der Waals surface area (Å²) >= 11 is 1.57. The zero-order valence-corrected chi connectivity index (χ0v) is 11.3. The molecule has 2 heterocycles. The molecule has 4 nitrogen and oxygen atoms in total. The van der Waals surface area contributed by atoms with Gasteiger partial charge in [-0.15, -0.1) is 11.3 Å². The molecule has 2 N–H and O–H groups in total. The molecule has 1 unspecified atom stereocenters. The predicted octanol–water partition coefficient (Wildman–Crippen LogP) is 2.06. The highest BCUT2D eigenvalue weighted by atomic mass is 32.1. The minimum Gasteiger partial charge on any atom is -0.316 e. The van der Waals surface area contributed by atoms with Crippen LogP contribution in [0.25, 0.3) is 0 Å². The number of thiazole rings is 1. The molecule has 1 saturated heterocycles. The smallest absolute Gasteiger partial charge is 0.229 e. The molecule has 1 aromatic heterocycles. The molecule has 1 amide bonds. The summed E-state index contributed by atoms with van der Waals surface area (Å²) in [5.41, 5.74) is 0. The lowest BCUT2D eigenvalue weighted by Crippen LogP contribution is -2.48. The highest BCUT2D eigenvalue weighted by molar-refractivity contribution is 7.15. The third-order valence-electron chi connectivity index (χ3n) is 3.26. The number of nitrogens with zero attached hydrogens (tertiary/aromatic N) is 1. The summed E-state index contributed by atoms with van der Waals surface area (Å²) in [4.78, 5) is 17.4. The number of hydrogen-bond acceptors (Lipinski definition) is 4. The maximum absolute atomic E-state index is 12.0. The number of anilines is 1. The van der Waals surface area contributed by atoms with Crippen LogP contribution in [0.1, 0.15) is 31.6 Å². The highest BCUT2D eigenvalue weighted by Gasteiger charge is 2.29. The SMILES string of the molecule is CC(C)c1cnc(NC(=O)C(C)C2CNC2)s1. The van der Waals surface area contributed by atoms with Crippen LogP contribution in [0.2, 0.25) is 0 Å². The van der Waals surface area contributed by atoms with Crippen LogP contribution in [0.15, 0.2) is 6.20 Å². The second-order valence-corrected chi connectivity index (χ2v) is 5.98. The van der Waals surface area contributed by atoms with Crippen LogP contribution in [0.4, 0.5) is 5.13 Å². The predicted molar refractivity (Wildman–Crippen MR) is 70.4 cm³/mol. The van der Waals surface area contributed by atoms with Gasteiger partial charge >= 0.3 is 0 Å². The van der Waals surface area contributed by atoms with E-state index in [2.05, 4.69) is 29.5 Å². The number of aromatic nitrogens is 1. The average molecular weight is 253 g/mol. The van der Waals surface area contributed by atoms with Crippen molar-refractivity contribution in [1.29, 1.82) is 0 Å². The van der Waals surface area contributed by atoms with E-state index in [4.69, 9.17) is 0 Å². The highest BCUT2D eigenvalue weighted by Crippen LogP contribution is 2.26. The lowest BCUT2D eigenvalue weighted by molar-refractivity contribution is -0.121. The Hall–Kier alpha value is -0.940. The molecule has 1 aromatic rings. The fraction of sp³-hybridized carbons (Fsp3) is 0.667. The average Bonchev–Trinajstić information content (AvgIpc) is 2.63. The molecular formula is C12H19N3OS. The second-order valence-electron chi connectivity index (χ2n) is 4.92. The van der Waals surface area contributed by atoms with Gasteiger partial charge in [-0.25, -0.2) is 4.98 Å². The van der Waals surface area contributed by atoms with E-state index in [1.807, 2.05) is 13.1 Å². The zero-order chi connectivity index (χ0) is 12.4. The second kappa shape index (κ2) is 5.14. The fourth-order valence-electron chi connectivity index (χ4n) is 1.71. The Balaban J connectivity index is 1.92. The van der Waals surface area contributed by atoms with Crippen molar-refractivity contribution < 1.29 is 4.79 Å². The molecule has 1 aliphatic heterocycles. The van der Waals surface area contributed by atoms with Crippen molar-refractivity contribution in [2.45, 2.75) is 26.7 Å². The lowest BCUT2D eigenvalue weighted by atomic mass is 9.88. The van der Waals surface area contributed by atoms with Crippen molar-refractivity contribution in [3.8, 4) is 0 Å². The molecule has 2 rings (SSSR count). The third-order valence-corrected chi connectivity index (χ3v) is 4.47. The van der Waals surface area contributed by atoms with E-state index in [9.17, 15) is 4.79 Å². The van der Waals surface area contributed by atoms with E-state index in [0.717, 1.165) is 18.2 Å². The molecule has 5 heteroatoms. The van der Waals surface area contributed by atoms with Gasteiger partial charge < -0.3 is 10.6 Å². The molecule has 0 spiro atoms. The minimum absolute atomic E-state index is 0.0580. The van der Waals surface area contributed by atoms with Gasteiger partial charge in [0.05, 0.1) is 0 Å². The van der Waals surface area contributed by atoms with Crippen LogP contribution < -0.4 is 10.6 Å². The van der Waals surface area contributed by atoms with Crippen molar-refractivity contribution in [2.24, 2.45) is 11.8 Å². The summed E-state index contributed by atoms with van der Waals surface area (Å²) in [5, 5.41) is 6.81. The molecule has 1 atom stereocenters. The molecule has 0 bridgehead atoms. The van der Waals surface area contributed by atoms with Gasteiger partial charge in [0.2, 0.25) is 5.91 Å².